The van der Waals surface area contributed by atoms with Gasteiger partial charge >= 0.3 is 96.1 Å². The molecular formula is C13H22GeO. The Balaban J connectivity index is 3.01. The Bertz CT molecular complexity index is 280. The predicted octanol–water partition coefficient (Wildman–Crippen LogP) is 3.41. The molecule has 0 aliphatic heterocycles. The molecule has 0 bridgehead atoms. The molecule has 0 amide bonds. The topological polar surface area (TPSA) is 9.23 Å². The molecule has 0 N–H and O–H groups in total. The number of rotatable bonds is 5. The summed E-state index contributed by atoms with van der Waals surface area (Å²) < 4.78 is 6.83. The first-order valence-corrected chi connectivity index (χ1v) is 11.4. The van der Waals surface area contributed by atoms with E-state index in [0.29, 0.717) is 0 Å². The third-order valence-corrected chi connectivity index (χ3v) is 15.5. The van der Waals surface area contributed by atoms with Crippen molar-refractivity contribution < 1.29 is 4.74 Å². The van der Waals surface area contributed by atoms with E-state index in [1.165, 1.54) is 15.8 Å². The van der Waals surface area contributed by atoms with E-state index in [1.807, 2.05) is 0 Å². The molecular weight excluding hydrogens is 245 g/mol. The molecule has 1 aromatic rings. The van der Waals surface area contributed by atoms with Gasteiger partial charge in [0, 0.05) is 0 Å². The van der Waals surface area contributed by atoms with Gasteiger partial charge in [-0.3, -0.25) is 0 Å². The van der Waals surface area contributed by atoms with Crippen LogP contribution in [0.15, 0.2) is 24.3 Å². The molecule has 0 radical (unpaired) electrons. The zero-order chi connectivity index (χ0) is 11.3. The summed E-state index contributed by atoms with van der Waals surface area (Å²) >= 11 is -1.72. The van der Waals surface area contributed by atoms with Crippen LogP contribution < -0.4 is 9.13 Å². The fourth-order valence-corrected chi connectivity index (χ4v) is 9.86. The van der Waals surface area contributed by atoms with Crippen LogP contribution in [0, 0.1) is 0 Å². The maximum atomic E-state index is 5.20. The monoisotopic (exact) mass is 268 g/mol. The van der Waals surface area contributed by atoms with Crippen LogP contribution >= 0.6 is 0 Å². The molecule has 1 rings (SSSR count). The van der Waals surface area contributed by atoms with Gasteiger partial charge in [-0.25, -0.2) is 0 Å². The maximum absolute atomic E-state index is 5.20. The summed E-state index contributed by atoms with van der Waals surface area (Å²) in [7, 11) is 1.73. The third-order valence-electron chi connectivity index (χ3n) is 3.73. The van der Waals surface area contributed by atoms with Gasteiger partial charge in [0.1, 0.15) is 0 Å². The molecule has 84 valence electrons. The molecule has 0 aliphatic rings. The second-order valence-corrected chi connectivity index (χ2v) is 15.1. The van der Waals surface area contributed by atoms with E-state index < -0.39 is 13.3 Å². The van der Waals surface area contributed by atoms with Crippen molar-refractivity contribution in [2.24, 2.45) is 0 Å². The first-order valence-electron chi connectivity index (χ1n) is 5.87. The Kier molecular flexibility index (Phi) is 4.71. The van der Waals surface area contributed by atoms with E-state index in [2.05, 4.69) is 45.0 Å². The first kappa shape index (κ1) is 12.6. The van der Waals surface area contributed by atoms with E-state index in [-0.39, 0.29) is 0 Å². The average molecular weight is 267 g/mol. The van der Waals surface area contributed by atoms with Crippen molar-refractivity contribution in [3.05, 3.63) is 24.3 Å². The van der Waals surface area contributed by atoms with Crippen molar-refractivity contribution in [2.75, 3.05) is 7.11 Å². The molecule has 0 unspecified atom stereocenters. The van der Waals surface area contributed by atoms with Gasteiger partial charge in [0.15, 0.2) is 0 Å². The fraction of sp³-hybridized carbons (Fsp3) is 0.538. The van der Waals surface area contributed by atoms with Crippen LogP contribution in [0.2, 0.25) is 15.8 Å². The Morgan fingerprint density at radius 1 is 0.933 bits per heavy atom. The second kappa shape index (κ2) is 5.59. The number of hydrogen-bond acceptors (Lipinski definition) is 1. The summed E-state index contributed by atoms with van der Waals surface area (Å²) in [6.07, 6.45) is 0. The minimum absolute atomic E-state index is 0.971. The molecule has 0 aromatic heterocycles. The van der Waals surface area contributed by atoms with Gasteiger partial charge in [-0.15, -0.1) is 0 Å². The standard InChI is InChI=1S/C13H22GeO/c1-5-14(6-2,7-3)12-8-10-13(15-4)11-9-12/h8-11H,5-7H2,1-4H3. The van der Waals surface area contributed by atoms with E-state index in [9.17, 15) is 0 Å². The molecule has 0 saturated heterocycles. The van der Waals surface area contributed by atoms with Gasteiger partial charge in [0.05, 0.1) is 0 Å². The van der Waals surface area contributed by atoms with E-state index in [0.717, 1.165) is 5.75 Å². The third kappa shape index (κ3) is 2.57. The molecule has 2 heteroatoms. The number of hydrogen-bond donors (Lipinski definition) is 0. The molecule has 1 nitrogen and oxygen atoms in total. The summed E-state index contributed by atoms with van der Waals surface area (Å²) in [6.45, 7) is 7.08. The molecule has 0 saturated carbocycles. The Morgan fingerprint density at radius 2 is 1.40 bits per heavy atom. The molecule has 0 heterocycles. The van der Waals surface area contributed by atoms with Gasteiger partial charge in [-0.1, -0.05) is 0 Å². The van der Waals surface area contributed by atoms with Crippen molar-refractivity contribution in [1.82, 2.24) is 0 Å². The quantitative estimate of drug-likeness (QED) is 0.743. The molecule has 0 spiro atoms. The second-order valence-electron chi connectivity index (χ2n) is 4.07. The molecule has 1 aromatic carbocycles. The van der Waals surface area contributed by atoms with Crippen molar-refractivity contribution in [1.29, 1.82) is 0 Å². The zero-order valence-electron chi connectivity index (χ0n) is 10.3. The van der Waals surface area contributed by atoms with Crippen molar-refractivity contribution in [3.8, 4) is 5.75 Å². The molecule has 0 atom stereocenters. The van der Waals surface area contributed by atoms with E-state index >= 15 is 0 Å². The SMILES string of the molecule is C[CH2][Ge]([CH2]C)([CH2]C)[c]1ccc(OC)cc1. The van der Waals surface area contributed by atoms with Crippen LogP contribution in [0.1, 0.15) is 20.8 Å². The van der Waals surface area contributed by atoms with Crippen LogP contribution in [0.4, 0.5) is 0 Å². The van der Waals surface area contributed by atoms with Gasteiger partial charge < -0.3 is 0 Å². The predicted molar refractivity (Wildman–Crippen MR) is 69.8 cm³/mol. The summed E-state index contributed by atoms with van der Waals surface area (Å²) in [5.74, 6) is 0.971. The van der Waals surface area contributed by atoms with Gasteiger partial charge in [0.2, 0.25) is 0 Å². The summed E-state index contributed by atoms with van der Waals surface area (Å²) in [5.41, 5.74) is 0. The minimum atomic E-state index is -1.72. The van der Waals surface area contributed by atoms with Gasteiger partial charge in [-0.2, -0.15) is 0 Å². The molecule has 0 fully saturated rings. The fourth-order valence-electron chi connectivity index (χ4n) is 2.31. The summed E-state index contributed by atoms with van der Waals surface area (Å²) in [4.78, 5) is 0. The van der Waals surface area contributed by atoms with Gasteiger partial charge in [0.25, 0.3) is 0 Å². The van der Waals surface area contributed by atoms with Crippen molar-refractivity contribution in [2.45, 2.75) is 36.5 Å². The zero-order valence-corrected chi connectivity index (χ0v) is 12.4. The van der Waals surface area contributed by atoms with Crippen LogP contribution in [0.25, 0.3) is 0 Å². The van der Waals surface area contributed by atoms with Crippen molar-refractivity contribution in [3.63, 3.8) is 0 Å². The number of benzene rings is 1. The van der Waals surface area contributed by atoms with Crippen molar-refractivity contribution >= 4 is 17.7 Å². The molecule has 15 heavy (non-hydrogen) atoms. The van der Waals surface area contributed by atoms with E-state index in [1.54, 1.807) is 11.5 Å². The summed E-state index contributed by atoms with van der Waals surface area (Å²) in [5, 5.41) is 4.16. The number of methoxy groups -OCH3 is 1. The van der Waals surface area contributed by atoms with Gasteiger partial charge in [-0.05, 0) is 0 Å². The Hall–Kier alpha value is -0.437. The van der Waals surface area contributed by atoms with E-state index in [4.69, 9.17) is 4.74 Å². The Labute approximate surface area is 96.2 Å². The average Bonchev–Trinajstić information content (AvgIpc) is 2.33. The molecule has 0 aliphatic carbocycles. The van der Waals surface area contributed by atoms with Crippen LogP contribution in [0.5, 0.6) is 5.75 Å². The van der Waals surface area contributed by atoms with Crippen LogP contribution in [-0.2, 0) is 0 Å². The first-order chi connectivity index (χ1) is 7.22. The van der Waals surface area contributed by atoms with Crippen LogP contribution in [-0.4, -0.2) is 20.4 Å². The number of ether oxygens (including phenoxy) is 1. The normalized spacial score (nSPS) is 11.5. The van der Waals surface area contributed by atoms with Crippen LogP contribution in [0.3, 0.4) is 0 Å². The Morgan fingerprint density at radius 3 is 1.73 bits per heavy atom. The summed E-state index contributed by atoms with van der Waals surface area (Å²) in [6, 6.07) is 8.79.